The number of anilines is 2. The fourth-order valence-corrected chi connectivity index (χ4v) is 1.66. The summed E-state index contributed by atoms with van der Waals surface area (Å²) in [5, 5.41) is 2.40. The molecule has 3 N–H and O–H groups in total. The number of hydrogen-bond donors (Lipinski definition) is 2. The van der Waals surface area contributed by atoms with Gasteiger partial charge in [-0.1, -0.05) is 0 Å². The number of ether oxygens (including phenoxy) is 1. The lowest BCUT2D eigenvalue weighted by Gasteiger charge is -2.08. The van der Waals surface area contributed by atoms with Crippen LogP contribution in [0, 0.1) is 11.6 Å². The highest BCUT2D eigenvalue weighted by Crippen LogP contribution is 2.19. The number of aromatic nitrogens is 1. The molecule has 2 rings (SSSR count). The molecule has 110 valence electrons. The quantitative estimate of drug-likeness (QED) is 0.849. The van der Waals surface area contributed by atoms with Crippen LogP contribution in [0.2, 0.25) is 0 Å². The molecule has 0 aliphatic carbocycles. The number of nitrogens with zero attached hydrogens (tertiary/aromatic N) is 1. The first-order valence-corrected chi connectivity index (χ1v) is 6.16. The van der Waals surface area contributed by atoms with Crippen molar-refractivity contribution in [1.29, 1.82) is 0 Å². The molecule has 0 unspecified atom stereocenters. The van der Waals surface area contributed by atoms with E-state index in [9.17, 15) is 13.6 Å². The van der Waals surface area contributed by atoms with Gasteiger partial charge in [0.05, 0.1) is 29.7 Å². The van der Waals surface area contributed by atoms with Crippen LogP contribution in [0.25, 0.3) is 0 Å². The van der Waals surface area contributed by atoms with Crippen LogP contribution in [-0.4, -0.2) is 17.5 Å². The Morgan fingerprint density at radius 3 is 2.76 bits per heavy atom. The SMILES string of the molecule is CCOc1ccc(NC(=O)c2cc(F)cc(N)c2F)cn1. The topological polar surface area (TPSA) is 77.2 Å². The first-order valence-electron chi connectivity index (χ1n) is 6.16. The minimum atomic E-state index is -0.965. The van der Waals surface area contributed by atoms with Crippen molar-refractivity contribution in [3.63, 3.8) is 0 Å². The summed E-state index contributed by atoms with van der Waals surface area (Å²) in [5.74, 6) is -2.17. The minimum Gasteiger partial charge on any atom is -0.478 e. The Balaban J connectivity index is 2.18. The highest BCUT2D eigenvalue weighted by Gasteiger charge is 2.16. The van der Waals surface area contributed by atoms with Gasteiger partial charge in [-0.3, -0.25) is 4.79 Å². The zero-order valence-corrected chi connectivity index (χ0v) is 11.2. The van der Waals surface area contributed by atoms with Crippen LogP contribution in [0.1, 0.15) is 17.3 Å². The summed E-state index contributed by atoms with van der Waals surface area (Å²) in [6.07, 6.45) is 1.35. The van der Waals surface area contributed by atoms with Crippen LogP contribution < -0.4 is 15.8 Å². The molecule has 5 nitrogen and oxygen atoms in total. The van der Waals surface area contributed by atoms with Crippen LogP contribution in [0.4, 0.5) is 20.2 Å². The highest BCUT2D eigenvalue weighted by atomic mass is 19.1. The molecule has 0 radical (unpaired) electrons. The Labute approximate surface area is 119 Å². The molecule has 7 heteroatoms. The van der Waals surface area contributed by atoms with Crippen LogP contribution in [0.15, 0.2) is 30.5 Å². The number of benzene rings is 1. The minimum absolute atomic E-state index is 0.325. The lowest BCUT2D eigenvalue weighted by Crippen LogP contribution is -2.15. The monoisotopic (exact) mass is 293 g/mol. The maximum absolute atomic E-state index is 13.7. The van der Waals surface area contributed by atoms with Gasteiger partial charge in [0.25, 0.3) is 5.91 Å². The lowest BCUT2D eigenvalue weighted by atomic mass is 10.1. The van der Waals surface area contributed by atoms with E-state index in [1.54, 1.807) is 6.07 Å². The second-order valence-electron chi connectivity index (χ2n) is 4.13. The Morgan fingerprint density at radius 2 is 2.14 bits per heavy atom. The highest BCUT2D eigenvalue weighted by molar-refractivity contribution is 6.04. The molecule has 1 aromatic carbocycles. The Hall–Kier alpha value is -2.70. The third-order valence-electron chi connectivity index (χ3n) is 2.60. The van der Waals surface area contributed by atoms with Gasteiger partial charge >= 0.3 is 0 Å². The predicted octanol–water partition coefficient (Wildman–Crippen LogP) is 2.59. The summed E-state index contributed by atoms with van der Waals surface area (Å²) in [4.78, 5) is 15.9. The molecule has 2 aromatic rings. The number of halogens is 2. The summed E-state index contributed by atoms with van der Waals surface area (Å²) in [5.41, 5.74) is 4.71. The molecule has 0 aliphatic heterocycles. The zero-order valence-electron chi connectivity index (χ0n) is 11.2. The molecule has 1 heterocycles. The molecular formula is C14H13F2N3O2. The van der Waals surface area contributed by atoms with E-state index >= 15 is 0 Å². The first kappa shape index (κ1) is 14.7. The van der Waals surface area contributed by atoms with E-state index < -0.39 is 28.8 Å². The number of nitrogens with two attached hydrogens (primary N) is 1. The predicted molar refractivity (Wildman–Crippen MR) is 74.1 cm³/mol. The van der Waals surface area contributed by atoms with Crippen molar-refractivity contribution in [1.82, 2.24) is 4.98 Å². The van der Waals surface area contributed by atoms with E-state index in [1.165, 1.54) is 12.3 Å². The van der Waals surface area contributed by atoms with E-state index in [2.05, 4.69) is 10.3 Å². The molecule has 1 aromatic heterocycles. The summed E-state index contributed by atoms with van der Waals surface area (Å²) < 4.78 is 32.1. The maximum atomic E-state index is 13.7. The van der Waals surface area contributed by atoms with E-state index in [4.69, 9.17) is 10.5 Å². The molecule has 0 aliphatic rings. The fourth-order valence-electron chi connectivity index (χ4n) is 1.66. The van der Waals surface area contributed by atoms with Crippen molar-refractivity contribution >= 4 is 17.3 Å². The van der Waals surface area contributed by atoms with Gasteiger partial charge in [-0.15, -0.1) is 0 Å². The molecule has 0 bridgehead atoms. The molecule has 0 atom stereocenters. The van der Waals surface area contributed by atoms with Crippen molar-refractivity contribution < 1.29 is 18.3 Å². The van der Waals surface area contributed by atoms with E-state index in [0.717, 1.165) is 12.1 Å². The molecule has 0 fully saturated rings. The summed E-state index contributed by atoms with van der Waals surface area (Å²) in [7, 11) is 0. The van der Waals surface area contributed by atoms with Gasteiger partial charge in [-0.2, -0.15) is 0 Å². The van der Waals surface area contributed by atoms with Gasteiger partial charge in [-0.05, 0) is 25.1 Å². The third kappa shape index (κ3) is 3.44. The first-order chi connectivity index (χ1) is 10.0. The summed E-state index contributed by atoms with van der Waals surface area (Å²) >= 11 is 0. The van der Waals surface area contributed by atoms with Crippen LogP contribution >= 0.6 is 0 Å². The average molecular weight is 293 g/mol. The van der Waals surface area contributed by atoms with Gasteiger partial charge < -0.3 is 15.8 Å². The van der Waals surface area contributed by atoms with Crippen LogP contribution in [-0.2, 0) is 0 Å². The standard InChI is InChI=1S/C14H13F2N3O2/c1-2-21-12-4-3-9(7-18-12)19-14(20)10-5-8(15)6-11(17)13(10)16/h3-7H,2,17H2,1H3,(H,19,20). The van der Waals surface area contributed by atoms with Gasteiger partial charge in [0.1, 0.15) is 5.82 Å². The number of rotatable bonds is 4. The third-order valence-corrected chi connectivity index (χ3v) is 2.60. The van der Waals surface area contributed by atoms with Gasteiger partial charge in [-0.25, -0.2) is 13.8 Å². The average Bonchev–Trinajstić information content (AvgIpc) is 2.45. The zero-order chi connectivity index (χ0) is 15.4. The molecule has 1 amide bonds. The Morgan fingerprint density at radius 1 is 1.38 bits per heavy atom. The van der Waals surface area contributed by atoms with Crippen molar-refractivity contribution in [2.45, 2.75) is 6.92 Å². The number of pyridine rings is 1. The van der Waals surface area contributed by atoms with Gasteiger partial charge in [0, 0.05) is 6.07 Å². The number of nitrogens with one attached hydrogen (secondary N) is 1. The van der Waals surface area contributed by atoms with Crippen molar-refractivity contribution in [2.24, 2.45) is 0 Å². The molecule has 21 heavy (non-hydrogen) atoms. The number of nitrogen functional groups attached to an aromatic ring is 1. The van der Waals surface area contributed by atoms with Crippen molar-refractivity contribution in [3.05, 3.63) is 47.7 Å². The molecule has 0 saturated heterocycles. The smallest absolute Gasteiger partial charge is 0.258 e. The Bertz CT molecular complexity index is 660. The van der Waals surface area contributed by atoms with E-state index in [0.29, 0.717) is 18.2 Å². The number of carbonyl (C=O) groups excluding carboxylic acids is 1. The van der Waals surface area contributed by atoms with E-state index in [1.807, 2.05) is 6.92 Å². The van der Waals surface area contributed by atoms with E-state index in [-0.39, 0.29) is 0 Å². The molecule has 0 saturated carbocycles. The second-order valence-corrected chi connectivity index (χ2v) is 4.13. The van der Waals surface area contributed by atoms with Gasteiger partial charge in [0.15, 0.2) is 5.82 Å². The van der Waals surface area contributed by atoms with Crippen LogP contribution in [0.5, 0.6) is 5.88 Å². The molecular weight excluding hydrogens is 280 g/mol. The number of hydrogen-bond acceptors (Lipinski definition) is 4. The number of carbonyl (C=O) groups is 1. The lowest BCUT2D eigenvalue weighted by molar-refractivity contribution is 0.102. The fraction of sp³-hybridized carbons (Fsp3) is 0.143. The summed E-state index contributed by atoms with van der Waals surface area (Å²) in [6.45, 7) is 2.28. The normalized spacial score (nSPS) is 10.2. The van der Waals surface area contributed by atoms with Crippen LogP contribution in [0.3, 0.4) is 0 Å². The maximum Gasteiger partial charge on any atom is 0.258 e. The second kappa shape index (κ2) is 6.17. The van der Waals surface area contributed by atoms with Crippen molar-refractivity contribution in [2.75, 3.05) is 17.7 Å². The van der Waals surface area contributed by atoms with Gasteiger partial charge in [0.2, 0.25) is 5.88 Å². The summed E-state index contributed by atoms with van der Waals surface area (Å²) in [6, 6.07) is 4.68. The van der Waals surface area contributed by atoms with Crippen molar-refractivity contribution in [3.8, 4) is 5.88 Å². The number of amides is 1. The Kier molecular flexibility index (Phi) is 4.32. The molecule has 0 spiro atoms. The largest absolute Gasteiger partial charge is 0.478 e.